The maximum atomic E-state index is 13.7. The molecule has 130 valence electrons. The fourth-order valence-corrected chi connectivity index (χ4v) is 2.02. The molecule has 0 bridgehead atoms. The summed E-state index contributed by atoms with van der Waals surface area (Å²) in [5, 5.41) is 3.25. The lowest BCUT2D eigenvalue weighted by molar-refractivity contribution is 0.386. The lowest BCUT2D eigenvalue weighted by Gasteiger charge is -2.21. The predicted molar refractivity (Wildman–Crippen MR) is 105 cm³/mol. The number of allylic oxidation sites excluding steroid dienone is 1. The van der Waals surface area contributed by atoms with Crippen molar-refractivity contribution in [1.29, 1.82) is 0 Å². The van der Waals surface area contributed by atoms with Crippen molar-refractivity contribution in [3.63, 3.8) is 0 Å². The van der Waals surface area contributed by atoms with Crippen LogP contribution in [0.3, 0.4) is 0 Å². The summed E-state index contributed by atoms with van der Waals surface area (Å²) in [6.45, 7) is 7.87. The Hall–Kier alpha value is -1.31. The molecule has 0 aliphatic carbocycles. The second-order valence-electron chi connectivity index (χ2n) is 4.99. The summed E-state index contributed by atoms with van der Waals surface area (Å²) in [5.41, 5.74) is 0.813. The molecule has 0 saturated carbocycles. The molecule has 0 aromatic heterocycles. The van der Waals surface area contributed by atoms with Crippen molar-refractivity contribution >= 4 is 29.9 Å². The molecule has 1 rings (SSSR count). The lowest BCUT2D eigenvalue weighted by Crippen LogP contribution is -2.39. The molecule has 0 unspecified atom stereocenters. The minimum atomic E-state index is -0.362. The molecule has 6 heteroatoms. The van der Waals surface area contributed by atoms with Crippen LogP contribution in [-0.2, 0) is 6.54 Å². The molecule has 4 nitrogen and oxygen atoms in total. The van der Waals surface area contributed by atoms with Gasteiger partial charge in [0, 0.05) is 20.1 Å². The van der Waals surface area contributed by atoms with E-state index in [1.807, 2.05) is 26.1 Å². The third kappa shape index (κ3) is 7.67. The number of nitrogens with one attached hydrogen (secondary N) is 1. The second kappa shape index (κ2) is 12.2. The number of hydrogen-bond acceptors (Lipinski definition) is 2. The number of methoxy groups -OCH3 is 1. The molecule has 1 N–H and O–H groups in total. The first-order valence-corrected chi connectivity index (χ1v) is 7.55. The number of rotatable bonds is 8. The Kier molecular flexibility index (Phi) is 11.5. The Morgan fingerprint density at radius 3 is 2.78 bits per heavy atom. The summed E-state index contributed by atoms with van der Waals surface area (Å²) in [6.07, 6.45) is 3.92. The smallest absolute Gasteiger partial charge is 0.193 e. The van der Waals surface area contributed by atoms with E-state index in [0.717, 1.165) is 37.5 Å². The summed E-state index contributed by atoms with van der Waals surface area (Å²) < 4.78 is 18.6. The van der Waals surface area contributed by atoms with Crippen molar-refractivity contribution in [2.24, 2.45) is 4.99 Å². The molecule has 0 atom stereocenters. The van der Waals surface area contributed by atoms with Crippen LogP contribution in [0.5, 0.6) is 5.75 Å². The normalized spacial score (nSPS) is 10.7. The fraction of sp³-hybridized carbons (Fsp3) is 0.471. The van der Waals surface area contributed by atoms with Crippen molar-refractivity contribution in [1.82, 2.24) is 10.2 Å². The van der Waals surface area contributed by atoms with Gasteiger partial charge < -0.3 is 15.0 Å². The van der Waals surface area contributed by atoms with Crippen LogP contribution in [0, 0.1) is 5.82 Å². The first-order chi connectivity index (χ1) is 10.6. The number of benzene rings is 1. The molecule has 0 aliphatic heterocycles. The molecule has 1 aromatic carbocycles. The van der Waals surface area contributed by atoms with Crippen LogP contribution in [0.2, 0.25) is 0 Å². The zero-order chi connectivity index (χ0) is 16.4. The quantitative estimate of drug-likeness (QED) is 0.222. The highest BCUT2D eigenvalue weighted by Gasteiger charge is 2.06. The highest BCUT2D eigenvalue weighted by Crippen LogP contribution is 2.18. The number of unbranched alkanes of at least 4 members (excludes halogenated alkanes) is 1. The summed E-state index contributed by atoms with van der Waals surface area (Å²) >= 11 is 0. The van der Waals surface area contributed by atoms with E-state index in [1.165, 1.54) is 13.2 Å². The average molecular weight is 435 g/mol. The molecule has 0 aliphatic rings. The Morgan fingerprint density at radius 2 is 2.22 bits per heavy atom. The van der Waals surface area contributed by atoms with Crippen LogP contribution in [0.15, 0.2) is 35.8 Å². The van der Waals surface area contributed by atoms with Gasteiger partial charge in [-0.1, -0.05) is 12.1 Å². The maximum absolute atomic E-state index is 13.7. The van der Waals surface area contributed by atoms with Crippen molar-refractivity contribution < 1.29 is 9.13 Å². The second-order valence-corrected chi connectivity index (χ2v) is 4.99. The summed E-state index contributed by atoms with van der Waals surface area (Å²) in [4.78, 5) is 6.63. The standard InChI is InChI=1S/C17H26FN3O.HI/c1-5-7-8-11-21(3)17(19-6-2)20-13-14-9-10-16(22-4)15(18)12-14;/h5,9-10,12H,1,6-8,11,13H2,2-4H3,(H,19,20);1H. The summed E-state index contributed by atoms with van der Waals surface area (Å²) in [6, 6.07) is 4.91. The molecule has 0 amide bonds. The van der Waals surface area contributed by atoms with Crippen molar-refractivity contribution in [2.45, 2.75) is 26.3 Å². The zero-order valence-electron chi connectivity index (χ0n) is 14.1. The molecule has 0 saturated heterocycles. The van der Waals surface area contributed by atoms with Gasteiger partial charge in [0.1, 0.15) is 0 Å². The van der Waals surface area contributed by atoms with Gasteiger partial charge in [-0.3, -0.25) is 0 Å². The SMILES string of the molecule is C=CCCCN(C)C(=NCc1ccc(OC)c(F)c1)NCC.I. The molecule has 0 spiro atoms. The Bertz CT molecular complexity index is 509. The van der Waals surface area contributed by atoms with E-state index in [9.17, 15) is 4.39 Å². The largest absolute Gasteiger partial charge is 0.494 e. The molecule has 0 fully saturated rings. The van der Waals surface area contributed by atoms with Gasteiger partial charge in [0.05, 0.1) is 13.7 Å². The van der Waals surface area contributed by atoms with Crippen LogP contribution in [0.4, 0.5) is 4.39 Å². The zero-order valence-corrected chi connectivity index (χ0v) is 16.5. The topological polar surface area (TPSA) is 36.9 Å². The first-order valence-electron chi connectivity index (χ1n) is 7.55. The van der Waals surface area contributed by atoms with Gasteiger partial charge >= 0.3 is 0 Å². The molecular weight excluding hydrogens is 408 g/mol. The van der Waals surface area contributed by atoms with Crippen LogP contribution in [0.25, 0.3) is 0 Å². The number of halogens is 2. The summed E-state index contributed by atoms with van der Waals surface area (Å²) in [7, 11) is 3.46. The van der Waals surface area contributed by atoms with E-state index >= 15 is 0 Å². The Morgan fingerprint density at radius 1 is 1.48 bits per heavy atom. The highest BCUT2D eigenvalue weighted by atomic mass is 127. The van der Waals surface area contributed by atoms with Crippen molar-refractivity contribution in [3.05, 3.63) is 42.2 Å². The molecule has 0 radical (unpaired) electrons. The van der Waals surface area contributed by atoms with Crippen molar-refractivity contribution in [3.8, 4) is 5.75 Å². The van der Waals surface area contributed by atoms with Crippen molar-refractivity contribution in [2.75, 3.05) is 27.2 Å². The Balaban J connectivity index is 0.00000484. The first kappa shape index (κ1) is 21.7. The molecule has 23 heavy (non-hydrogen) atoms. The van der Waals surface area contributed by atoms with E-state index < -0.39 is 0 Å². The van der Waals surface area contributed by atoms with E-state index in [4.69, 9.17) is 4.74 Å². The van der Waals surface area contributed by atoms with E-state index in [1.54, 1.807) is 6.07 Å². The number of ether oxygens (including phenoxy) is 1. The number of hydrogen-bond donors (Lipinski definition) is 1. The maximum Gasteiger partial charge on any atom is 0.193 e. The van der Waals surface area contributed by atoms with Gasteiger partial charge in [0.15, 0.2) is 17.5 Å². The van der Waals surface area contributed by atoms with Gasteiger partial charge in [0.2, 0.25) is 0 Å². The highest BCUT2D eigenvalue weighted by molar-refractivity contribution is 14.0. The predicted octanol–water partition coefficient (Wildman–Crippen LogP) is 3.82. The third-order valence-corrected chi connectivity index (χ3v) is 3.23. The monoisotopic (exact) mass is 435 g/mol. The molecular formula is C17H27FIN3O. The van der Waals surface area contributed by atoms with Gasteiger partial charge in [-0.15, -0.1) is 30.6 Å². The third-order valence-electron chi connectivity index (χ3n) is 3.23. The minimum absolute atomic E-state index is 0. The van der Waals surface area contributed by atoms with Gasteiger partial charge in [-0.05, 0) is 37.5 Å². The average Bonchev–Trinajstić information content (AvgIpc) is 2.51. The van der Waals surface area contributed by atoms with Crippen LogP contribution in [-0.4, -0.2) is 38.1 Å². The fourth-order valence-electron chi connectivity index (χ4n) is 2.02. The number of guanidine groups is 1. The summed E-state index contributed by atoms with van der Waals surface area (Å²) in [5.74, 6) is 0.712. The number of nitrogens with zero attached hydrogens (tertiary/aromatic N) is 2. The van der Waals surface area contributed by atoms with Crippen LogP contribution in [0.1, 0.15) is 25.3 Å². The van der Waals surface area contributed by atoms with Gasteiger partial charge in [-0.2, -0.15) is 0 Å². The van der Waals surface area contributed by atoms with E-state index in [-0.39, 0.29) is 35.5 Å². The number of aliphatic imine (C=N–C) groups is 1. The van der Waals surface area contributed by atoms with Crippen LogP contribution < -0.4 is 10.1 Å². The van der Waals surface area contributed by atoms with Crippen LogP contribution >= 0.6 is 24.0 Å². The van der Waals surface area contributed by atoms with Gasteiger partial charge in [-0.25, -0.2) is 9.38 Å². The lowest BCUT2D eigenvalue weighted by atomic mass is 10.2. The molecule has 1 aromatic rings. The van der Waals surface area contributed by atoms with E-state index in [0.29, 0.717) is 6.54 Å². The minimum Gasteiger partial charge on any atom is -0.494 e. The van der Waals surface area contributed by atoms with E-state index in [2.05, 4.69) is 21.8 Å². The van der Waals surface area contributed by atoms with Gasteiger partial charge in [0.25, 0.3) is 0 Å². The Labute approximate surface area is 155 Å². The molecule has 0 heterocycles.